The molecule has 3 heteroatoms. The minimum Gasteiger partial charge on any atom is -0.355 e. The number of piperidine rings is 1. The van der Waals surface area contributed by atoms with Crippen LogP contribution in [0.15, 0.2) is 0 Å². The van der Waals surface area contributed by atoms with Gasteiger partial charge in [0.05, 0.1) is 0 Å². The second kappa shape index (κ2) is 3.89. The molecule has 1 saturated heterocycles. The fraction of sp³-hybridized carbons (Fsp3) is 0.909. The van der Waals surface area contributed by atoms with E-state index in [0.29, 0.717) is 0 Å². The molecule has 0 aromatic rings. The van der Waals surface area contributed by atoms with Crippen molar-refractivity contribution in [2.24, 2.45) is 11.3 Å². The summed E-state index contributed by atoms with van der Waals surface area (Å²) in [6.45, 7) is 4.96. The lowest BCUT2D eigenvalue weighted by atomic mass is 9.80. The molecule has 1 amide bonds. The van der Waals surface area contributed by atoms with Gasteiger partial charge in [0, 0.05) is 12.0 Å². The number of carbonyl (C=O) groups excluding carboxylic acids is 1. The van der Waals surface area contributed by atoms with Gasteiger partial charge in [-0.1, -0.05) is 6.92 Å². The van der Waals surface area contributed by atoms with Crippen LogP contribution in [0.2, 0.25) is 0 Å². The summed E-state index contributed by atoms with van der Waals surface area (Å²) in [5, 5.41) is 6.38. The first kappa shape index (κ1) is 9.97. The molecule has 0 spiro atoms. The van der Waals surface area contributed by atoms with Crippen LogP contribution in [0.5, 0.6) is 0 Å². The first-order chi connectivity index (χ1) is 6.71. The van der Waals surface area contributed by atoms with Crippen LogP contribution in [0.25, 0.3) is 0 Å². The van der Waals surface area contributed by atoms with E-state index in [1.807, 2.05) is 0 Å². The van der Waals surface area contributed by atoms with Crippen molar-refractivity contribution in [3.63, 3.8) is 0 Å². The zero-order valence-corrected chi connectivity index (χ0v) is 8.94. The Labute approximate surface area is 85.6 Å². The van der Waals surface area contributed by atoms with Crippen LogP contribution in [-0.2, 0) is 4.79 Å². The number of amides is 1. The SMILES string of the molecule is CC1(C(=O)NCC2CC2)CCNCC1. The Morgan fingerprint density at radius 3 is 2.64 bits per heavy atom. The Balaban J connectivity index is 1.80. The van der Waals surface area contributed by atoms with Crippen molar-refractivity contribution in [2.75, 3.05) is 19.6 Å². The summed E-state index contributed by atoms with van der Waals surface area (Å²) in [6, 6.07) is 0. The lowest BCUT2D eigenvalue weighted by molar-refractivity contribution is -0.131. The Morgan fingerprint density at radius 2 is 2.07 bits per heavy atom. The van der Waals surface area contributed by atoms with E-state index in [1.54, 1.807) is 0 Å². The van der Waals surface area contributed by atoms with Gasteiger partial charge in [-0.25, -0.2) is 0 Å². The van der Waals surface area contributed by atoms with Crippen LogP contribution in [-0.4, -0.2) is 25.5 Å². The van der Waals surface area contributed by atoms with Gasteiger partial charge in [-0.2, -0.15) is 0 Å². The molecule has 1 heterocycles. The normalized spacial score (nSPS) is 25.8. The largest absolute Gasteiger partial charge is 0.355 e. The average Bonchev–Trinajstić information content (AvgIpc) is 2.99. The maximum absolute atomic E-state index is 11.9. The Kier molecular flexibility index (Phi) is 2.77. The highest BCUT2D eigenvalue weighted by atomic mass is 16.2. The molecule has 2 N–H and O–H groups in total. The van der Waals surface area contributed by atoms with Crippen molar-refractivity contribution < 1.29 is 4.79 Å². The third kappa shape index (κ3) is 2.27. The molecule has 3 nitrogen and oxygen atoms in total. The van der Waals surface area contributed by atoms with E-state index in [-0.39, 0.29) is 11.3 Å². The first-order valence-electron chi connectivity index (χ1n) is 5.70. The van der Waals surface area contributed by atoms with Crippen molar-refractivity contribution in [3.05, 3.63) is 0 Å². The summed E-state index contributed by atoms with van der Waals surface area (Å²) in [5.41, 5.74) is -0.111. The Bertz CT molecular complexity index is 217. The molecule has 2 aliphatic rings. The molecule has 0 radical (unpaired) electrons. The number of hydrogen-bond acceptors (Lipinski definition) is 2. The van der Waals surface area contributed by atoms with E-state index in [9.17, 15) is 4.79 Å². The molecule has 0 atom stereocenters. The van der Waals surface area contributed by atoms with Crippen molar-refractivity contribution in [1.82, 2.24) is 10.6 Å². The summed E-state index contributed by atoms with van der Waals surface area (Å²) < 4.78 is 0. The van der Waals surface area contributed by atoms with Crippen molar-refractivity contribution in [1.29, 1.82) is 0 Å². The second-order valence-electron chi connectivity index (χ2n) is 4.96. The zero-order valence-electron chi connectivity index (χ0n) is 8.94. The van der Waals surface area contributed by atoms with Gasteiger partial charge in [0.2, 0.25) is 5.91 Å². The second-order valence-corrected chi connectivity index (χ2v) is 4.96. The molecule has 1 aliphatic heterocycles. The van der Waals surface area contributed by atoms with E-state index < -0.39 is 0 Å². The van der Waals surface area contributed by atoms with Gasteiger partial charge in [0.15, 0.2) is 0 Å². The highest BCUT2D eigenvalue weighted by Gasteiger charge is 2.35. The van der Waals surface area contributed by atoms with Crippen LogP contribution in [0.1, 0.15) is 32.6 Å². The monoisotopic (exact) mass is 196 g/mol. The average molecular weight is 196 g/mol. The molecular weight excluding hydrogens is 176 g/mol. The zero-order chi connectivity index (χ0) is 10.0. The standard InChI is InChI=1S/C11H20N2O/c1-11(4-6-12-7-5-11)10(14)13-8-9-2-3-9/h9,12H,2-8H2,1H3,(H,13,14). The van der Waals surface area contributed by atoms with Crippen LogP contribution in [0.4, 0.5) is 0 Å². The van der Waals surface area contributed by atoms with Gasteiger partial charge in [0.25, 0.3) is 0 Å². The van der Waals surface area contributed by atoms with Crippen molar-refractivity contribution in [2.45, 2.75) is 32.6 Å². The third-order valence-corrected chi connectivity index (χ3v) is 3.50. The molecule has 0 unspecified atom stereocenters. The predicted molar refractivity (Wildman–Crippen MR) is 55.9 cm³/mol. The predicted octanol–water partition coefficient (Wildman–Crippen LogP) is 0.902. The number of rotatable bonds is 3. The summed E-state index contributed by atoms with van der Waals surface area (Å²) in [5.74, 6) is 1.05. The summed E-state index contributed by atoms with van der Waals surface area (Å²) >= 11 is 0. The van der Waals surface area contributed by atoms with E-state index in [2.05, 4.69) is 17.6 Å². The molecule has 2 fully saturated rings. The summed E-state index contributed by atoms with van der Waals surface area (Å²) in [6.07, 6.45) is 4.56. The first-order valence-corrected chi connectivity index (χ1v) is 5.70. The van der Waals surface area contributed by atoms with Crippen LogP contribution >= 0.6 is 0 Å². The minimum absolute atomic E-state index is 0.111. The lowest BCUT2D eigenvalue weighted by Gasteiger charge is -2.32. The fourth-order valence-corrected chi connectivity index (χ4v) is 1.98. The van der Waals surface area contributed by atoms with E-state index in [1.165, 1.54) is 12.8 Å². The molecule has 0 aromatic carbocycles. The van der Waals surface area contributed by atoms with Crippen molar-refractivity contribution >= 4 is 5.91 Å². The molecule has 0 aromatic heterocycles. The molecule has 14 heavy (non-hydrogen) atoms. The van der Waals surface area contributed by atoms with E-state index >= 15 is 0 Å². The molecule has 80 valence electrons. The molecular formula is C11H20N2O. The van der Waals surface area contributed by atoms with E-state index in [4.69, 9.17) is 0 Å². The third-order valence-electron chi connectivity index (χ3n) is 3.50. The molecule has 1 saturated carbocycles. The fourth-order valence-electron chi connectivity index (χ4n) is 1.98. The number of carbonyl (C=O) groups is 1. The lowest BCUT2D eigenvalue weighted by Crippen LogP contribution is -2.46. The van der Waals surface area contributed by atoms with Crippen LogP contribution in [0, 0.1) is 11.3 Å². The minimum atomic E-state index is -0.111. The van der Waals surface area contributed by atoms with Gasteiger partial charge in [-0.3, -0.25) is 4.79 Å². The summed E-state index contributed by atoms with van der Waals surface area (Å²) in [4.78, 5) is 11.9. The molecule has 2 rings (SSSR count). The van der Waals surface area contributed by atoms with Gasteiger partial charge >= 0.3 is 0 Å². The Morgan fingerprint density at radius 1 is 1.43 bits per heavy atom. The van der Waals surface area contributed by atoms with Crippen molar-refractivity contribution in [3.8, 4) is 0 Å². The number of nitrogens with one attached hydrogen (secondary N) is 2. The molecule has 1 aliphatic carbocycles. The summed E-state index contributed by atoms with van der Waals surface area (Å²) in [7, 11) is 0. The quantitative estimate of drug-likeness (QED) is 0.704. The maximum atomic E-state index is 11.9. The van der Waals surface area contributed by atoms with E-state index in [0.717, 1.165) is 38.4 Å². The topological polar surface area (TPSA) is 41.1 Å². The van der Waals surface area contributed by atoms with Crippen LogP contribution < -0.4 is 10.6 Å². The van der Waals surface area contributed by atoms with Gasteiger partial charge in [-0.15, -0.1) is 0 Å². The highest BCUT2D eigenvalue weighted by molar-refractivity contribution is 5.82. The Hall–Kier alpha value is -0.570. The molecule has 0 bridgehead atoms. The van der Waals surface area contributed by atoms with Gasteiger partial charge in [0.1, 0.15) is 0 Å². The highest BCUT2D eigenvalue weighted by Crippen LogP contribution is 2.30. The van der Waals surface area contributed by atoms with Gasteiger partial charge < -0.3 is 10.6 Å². The number of hydrogen-bond donors (Lipinski definition) is 2. The maximum Gasteiger partial charge on any atom is 0.226 e. The van der Waals surface area contributed by atoms with Gasteiger partial charge in [-0.05, 0) is 44.7 Å². The smallest absolute Gasteiger partial charge is 0.226 e. The van der Waals surface area contributed by atoms with Crippen LogP contribution in [0.3, 0.4) is 0 Å².